The number of hydrogen-bond donors (Lipinski definition) is 4. The molecule has 176 valence electrons. The molecule has 0 spiro atoms. The Kier molecular flexibility index (Phi) is 6.07. The Hall–Kier alpha value is -4.01. The van der Waals surface area contributed by atoms with Crippen molar-refractivity contribution in [3.8, 4) is 22.4 Å². The number of amides is 1. The molecule has 3 aromatic heterocycles. The summed E-state index contributed by atoms with van der Waals surface area (Å²) >= 11 is 5.84. The molecule has 5 rings (SSSR count). The van der Waals surface area contributed by atoms with E-state index in [-0.39, 0.29) is 17.3 Å². The first-order valence-corrected chi connectivity index (χ1v) is 11.3. The minimum Gasteiger partial charge on any atom is -0.394 e. The molecule has 0 aliphatic rings. The number of carbonyl (C=O) groups is 1. The van der Waals surface area contributed by atoms with Crippen LogP contribution in [0, 0.1) is 12.7 Å². The molecular weight excluding hydrogens is 469 g/mol. The highest BCUT2D eigenvalue weighted by atomic mass is 35.5. The summed E-state index contributed by atoms with van der Waals surface area (Å²) < 4.78 is 13.5. The summed E-state index contributed by atoms with van der Waals surface area (Å²) in [5.41, 5.74) is 5.93. The van der Waals surface area contributed by atoms with Gasteiger partial charge < -0.3 is 15.4 Å². The number of aliphatic hydroxyl groups is 1. The van der Waals surface area contributed by atoms with Gasteiger partial charge in [-0.05, 0) is 42.3 Å². The number of aliphatic hydroxyl groups excluding tert-OH is 1. The zero-order valence-corrected chi connectivity index (χ0v) is 19.4. The molecule has 3 heterocycles. The first-order chi connectivity index (χ1) is 16.9. The maximum absolute atomic E-state index is 13.5. The molecule has 0 aliphatic heterocycles. The van der Waals surface area contributed by atoms with Gasteiger partial charge >= 0.3 is 0 Å². The first kappa shape index (κ1) is 22.8. The number of fused-ring (bicyclic) bond motifs is 1. The zero-order valence-electron chi connectivity index (χ0n) is 18.6. The van der Waals surface area contributed by atoms with E-state index in [0.717, 1.165) is 22.1 Å². The highest BCUT2D eigenvalue weighted by Crippen LogP contribution is 2.30. The van der Waals surface area contributed by atoms with Crippen molar-refractivity contribution in [1.82, 2.24) is 25.5 Å². The second kappa shape index (κ2) is 9.32. The quantitative estimate of drug-likeness (QED) is 0.263. The van der Waals surface area contributed by atoms with Crippen molar-refractivity contribution in [2.75, 3.05) is 6.61 Å². The lowest BCUT2D eigenvalue weighted by atomic mass is 10.0. The number of rotatable bonds is 6. The van der Waals surface area contributed by atoms with E-state index in [4.69, 9.17) is 11.6 Å². The molecule has 1 atom stereocenters. The third kappa shape index (κ3) is 4.53. The minimum atomic E-state index is -0.750. The van der Waals surface area contributed by atoms with Crippen molar-refractivity contribution < 1.29 is 14.3 Å². The van der Waals surface area contributed by atoms with Gasteiger partial charge in [0.2, 0.25) is 0 Å². The molecule has 0 fully saturated rings. The molecule has 4 N–H and O–H groups in total. The number of aryl methyl sites for hydroxylation is 1. The predicted octanol–water partition coefficient (Wildman–Crippen LogP) is 5.18. The summed E-state index contributed by atoms with van der Waals surface area (Å²) in [6, 6.07) is 15.1. The third-order valence-corrected chi connectivity index (χ3v) is 6.09. The van der Waals surface area contributed by atoms with Gasteiger partial charge in [0.1, 0.15) is 17.2 Å². The first-order valence-electron chi connectivity index (χ1n) is 10.9. The van der Waals surface area contributed by atoms with Crippen LogP contribution in [-0.2, 0) is 0 Å². The fraction of sp³-hybridized carbons (Fsp3) is 0.115. The molecule has 0 saturated carbocycles. The largest absolute Gasteiger partial charge is 0.394 e. The van der Waals surface area contributed by atoms with E-state index in [1.165, 1.54) is 18.2 Å². The Morgan fingerprint density at radius 1 is 1.14 bits per heavy atom. The molecule has 1 unspecified atom stereocenters. The van der Waals surface area contributed by atoms with Gasteiger partial charge in [-0.2, -0.15) is 5.10 Å². The summed E-state index contributed by atoms with van der Waals surface area (Å²) in [4.78, 5) is 20.3. The van der Waals surface area contributed by atoms with Gasteiger partial charge in [0.25, 0.3) is 5.91 Å². The lowest BCUT2D eigenvalue weighted by Gasteiger charge is -2.16. The second-order valence-corrected chi connectivity index (χ2v) is 8.65. The third-order valence-electron chi connectivity index (χ3n) is 5.80. The number of aromatic amines is 2. The van der Waals surface area contributed by atoms with Gasteiger partial charge in [-0.1, -0.05) is 47.5 Å². The zero-order chi connectivity index (χ0) is 24.5. The molecule has 0 radical (unpaired) electrons. The number of hydrogen-bond acceptors (Lipinski definition) is 4. The van der Waals surface area contributed by atoms with Crippen molar-refractivity contribution in [2.24, 2.45) is 0 Å². The van der Waals surface area contributed by atoms with Crippen LogP contribution in [0.3, 0.4) is 0 Å². The van der Waals surface area contributed by atoms with E-state index in [1.54, 1.807) is 18.5 Å². The summed E-state index contributed by atoms with van der Waals surface area (Å²) in [6.45, 7) is 1.66. The number of halogens is 2. The summed E-state index contributed by atoms with van der Waals surface area (Å²) in [5.74, 6) is -1.01. The second-order valence-electron chi connectivity index (χ2n) is 8.25. The Morgan fingerprint density at radius 2 is 2.00 bits per heavy atom. The average molecular weight is 490 g/mol. The molecule has 0 saturated heterocycles. The van der Waals surface area contributed by atoms with Crippen LogP contribution in [0.1, 0.15) is 27.7 Å². The van der Waals surface area contributed by atoms with Gasteiger partial charge in [0.15, 0.2) is 5.65 Å². The van der Waals surface area contributed by atoms with Gasteiger partial charge in [-0.15, -0.1) is 0 Å². The van der Waals surface area contributed by atoms with Gasteiger partial charge in [0.05, 0.1) is 17.7 Å². The van der Waals surface area contributed by atoms with Crippen LogP contribution in [0.4, 0.5) is 4.39 Å². The molecule has 1 amide bonds. The van der Waals surface area contributed by atoms with Crippen molar-refractivity contribution >= 4 is 28.5 Å². The molecular formula is C26H21ClFN5O2. The lowest BCUT2D eigenvalue weighted by Crippen LogP contribution is -2.31. The normalized spacial score (nSPS) is 12.1. The summed E-state index contributed by atoms with van der Waals surface area (Å²) in [6.07, 6.45) is 3.48. The highest BCUT2D eigenvalue weighted by Gasteiger charge is 2.19. The van der Waals surface area contributed by atoms with Crippen LogP contribution >= 0.6 is 11.6 Å². The lowest BCUT2D eigenvalue weighted by molar-refractivity contribution is 0.0911. The van der Waals surface area contributed by atoms with E-state index in [1.807, 2.05) is 31.2 Å². The molecule has 5 aromatic rings. The van der Waals surface area contributed by atoms with Crippen LogP contribution in [0.5, 0.6) is 0 Å². The van der Waals surface area contributed by atoms with Crippen molar-refractivity contribution in [3.05, 3.63) is 94.7 Å². The molecule has 2 aromatic carbocycles. The Bertz CT molecular complexity index is 1540. The maximum Gasteiger partial charge on any atom is 0.268 e. The topological polar surface area (TPSA) is 107 Å². The molecule has 9 heteroatoms. The van der Waals surface area contributed by atoms with Crippen LogP contribution in [-0.4, -0.2) is 37.8 Å². The molecule has 35 heavy (non-hydrogen) atoms. The summed E-state index contributed by atoms with van der Waals surface area (Å²) in [5, 5.41) is 20.6. The SMILES string of the molecule is Cc1cccc(-c2cnc3[nH]nc(-c4c[nH]c(C(=O)NC(CO)c5ccc(F)c(Cl)c5)c4)c3c2)c1. The fourth-order valence-electron chi connectivity index (χ4n) is 3.97. The van der Waals surface area contributed by atoms with Gasteiger partial charge in [-0.3, -0.25) is 9.89 Å². The monoisotopic (exact) mass is 489 g/mol. The Balaban J connectivity index is 1.41. The Morgan fingerprint density at radius 3 is 2.77 bits per heavy atom. The summed E-state index contributed by atoms with van der Waals surface area (Å²) in [7, 11) is 0. The number of carbonyl (C=O) groups excluding carboxylic acids is 1. The average Bonchev–Trinajstić information content (AvgIpc) is 3.51. The predicted molar refractivity (Wildman–Crippen MR) is 133 cm³/mol. The molecule has 7 nitrogen and oxygen atoms in total. The maximum atomic E-state index is 13.5. The van der Waals surface area contributed by atoms with Crippen molar-refractivity contribution in [2.45, 2.75) is 13.0 Å². The molecule has 0 bridgehead atoms. The van der Waals surface area contributed by atoms with Crippen LogP contribution in [0.2, 0.25) is 5.02 Å². The Labute approximate surface area is 205 Å². The van der Waals surface area contributed by atoms with Crippen molar-refractivity contribution in [1.29, 1.82) is 0 Å². The molecule has 0 aliphatic carbocycles. The van der Waals surface area contributed by atoms with Crippen molar-refractivity contribution in [3.63, 3.8) is 0 Å². The van der Waals surface area contributed by atoms with E-state index < -0.39 is 17.8 Å². The van der Waals surface area contributed by atoms with Gasteiger partial charge in [-0.25, -0.2) is 9.37 Å². The van der Waals surface area contributed by atoms with Crippen LogP contribution in [0.25, 0.3) is 33.4 Å². The van der Waals surface area contributed by atoms with E-state index in [2.05, 4.69) is 31.5 Å². The van der Waals surface area contributed by atoms with Crippen LogP contribution < -0.4 is 5.32 Å². The number of pyridine rings is 1. The fourth-order valence-corrected chi connectivity index (χ4v) is 4.16. The van der Waals surface area contributed by atoms with Crippen LogP contribution in [0.15, 0.2) is 67.0 Å². The smallest absolute Gasteiger partial charge is 0.268 e. The number of H-pyrrole nitrogens is 2. The van der Waals surface area contributed by atoms with E-state index in [9.17, 15) is 14.3 Å². The number of nitrogens with zero attached hydrogens (tertiary/aromatic N) is 2. The standard InChI is InChI=1S/C26H21ClFN5O2/c1-14-3-2-4-15(7-14)17-8-19-24(32-33-25(19)30-11-17)18-10-22(29-12-18)26(35)31-23(13-34)16-5-6-21(28)20(27)9-16/h2-12,23,29,34H,13H2,1H3,(H,31,35)(H,30,32,33). The number of benzene rings is 2. The highest BCUT2D eigenvalue weighted by molar-refractivity contribution is 6.30. The minimum absolute atomic E-state index is 0.0820. The van der Waals surface area contributed by atoms with Gasteiger partial charge in [0, 0.05) is 28.9 Å². The van der Waals surface area contributed by atoms with E-state index >= 15 is 0 Å². The van der Waals surface area contributed by atoms with E-state index in [0.29, 0.717) is 22.5 Å². The number of nitrogens with one attached hydrogen (secondary N) is 3. The number of aromatic nitrogens is 4.